The van der Waals surface area contributed by atoms with Crippen LogP contribution in [-0.4, -0.2) is 12.4 Å². The number of aryl methyl sites for hydroxylation is 2. The molecule has 24 heavy (non-hydrogen) atoms. The van der Waals surface area contributed by atoms with Crippen LogP contribution in [0.2, 0.25) is 0 Å². The SMILES string of the molecule is C=C(C)COc1cc(C)c2c(c1)O/C(=C\c1ccc(C)cc1)C2=O. The molecule has 0 saturated heterocycles. The molecule has 1 aliphatic heterocycles. The van der Waals surface area contributed by atoms with Gasteiger partial charge in [0.25, 0.3) is 0 Å². The van der Waals surface area contributed by atoms with Crippen LogP contribution in [0.3, 0.4) is 0 Å². The van der Waals surface area contributed by atoms with Crippen LogP contribution in [0.15, 0.2) is 54.3 Å². The number of ether oxygens (including phenoxy) is 2. The third kappa shape index (κ3) is 3.25. The second kappa shape index (κ2) is 6.36. The fraction of sp³-hybridized carbons (Fsp3) is 0.190. The Labute approximate surface area is 142 Å². The molecule has 3 heteroatoms. The largest absolute Gasteiger partial charge is 0.489 e. The molecule has 1 heterocycles. The monoisotopic (exact) mass is 320 g/mol. The average molecular weight is 320 g/mol. The predicted octanol–water partition coefficient (Wildman–Crippen LogP) is 4.87. The first-order valence-corrected chi connectivity index (χ1v) is 7.87. The number of ketones is 1. The number of fused-ring (bicyclic) bond motifs is 1. The van der Waals surface area contributed by atoms with Crippen LogP contribution in [0.5, 0.6) is 11.5 Å². The van der Waals surface area contributed by atoms with Gasteiger partial charge < -0.3 is 9.47 Å². The maximum atomic E-state index is 12.6. The van der Waals surface area contributed by atoms with Crippen molar-refractivity contribution in [2.75, 3.05) is 6.61 Å². The van der Waals surface area contributed by atoms with Gasteiger partial charge >= 0.3 is 0 Å². The Bertz CT molecular complexity index is 842. The fourth-order valence-corrected chi connectivity index (χ4v) is 2.58. The number of carbonyl (C=O) groups is 1. The highest BCUT2D eigenvalue weighted by molar-refractivity contribution is 6.15. The van der Waals surface area contributed by atoms with Gasteiger partial charge in [-0.15, -0.1) is 0 Å². The molecule has 0 saturated carbocycles. The van der Waals surface area contributed by atoms with E-state index < -0.39 is 0 Å². The van der Waals surface area contributed by atoms with Crippen LogP contribution in [0, 0.1) is 13.8 Å². The lowest BCUT2D eigenvalue weighted by molar-refractivity contribution is 0.101. The minimum Gasteiger partial charge on any atom is -0.489 e. The van der Waals surface area contributed by atoms with E-state index in [0.29, 0.717) is 29.4 Å². The number of hydrogen-bond donors (Lipinski definition) is 0. The average Bonchev–Trinajstić information content (AvgIpc) is 2.84. The summed E-state index contributed by atoms with van der Waals surface area (Å²) < 4.78 is 11.5. The maximum absolute atomic E-state index is 12.6. The molecule has 0 fully saturated rings. The maximum Gasteiger partial charge on any atom is 0.232 e. The summed E-state index contributed by atoms with van der Waals surface area (Å²) >= 11 is 0. The predicted molar refractivity (Wildman–Crippen MR) is 95.6 cm³/mol. The van der Waals surface area contributed by atoms with E-state index in [2.05, 4.69) is 6.58 Å². The van der Waals surface area contributed by atoms with E-state index in [1.807, 2.05) is 51.1 Å². The van der Waals surface area contributed by atoms with E-state index in [4.69, 9.17) is 9.47 Å². The minimum absolute atomic E-state index is 0.0884. The summed E-state index contributed by atoms with van der Waals surface area (Å²) in [6.07, 6.45) is 1.77. The van der Waals surface area contributed by atoms with E-state index >= 15 is 0 Å². The lowest BCUT2D eigenvalue weighted by Gasteiger charge is -2.08. The number of hydrogen-bond acceptors (Lipinski definition) is 3. The molecule has 0 bridgehead atoms. The zero-order valence-electron chi connectivity index (χ0n) is 14.2. The third-order valence-electron chi connectivity index (χ3n) is 3.80. The highest BCUT2D eigenvalue weighted by Crippen LogP contribution is 2.37. The highest BCUT2D eigenvalue weighted by Gasteiger charge is 2.29. The van der Waals surface area contributed by atoms with Crippen molar-refractivity contribution < 1.29 is 14.3 Å². The Morgan fingerprint density at radius 2 is 1.92 bits per heavy atom. The molecule has 0 aromatic heterocycles. The van der Waals surface area contributed by atoms with Gasteiger partial charge in [-0.3, -0.25) is 4.79 Å². The lowest BCUT2D eigenvalue weighted by atomic mass is 10.0. The van der Waals surface area contributed by atoms with Crippen LogP contribution in [0.4, 0.5) is 0 Å². The van der Waals surface area contributed by atoms with Crippen molar-refractivity contribution in [1.29, 1.82) is 0 Å². The Morgan fingerprint density at radius 1 is 1.21 bits per heavy atom. The molecule has 0 unspecified atom stereocenters. The van der Waals surface area contributed by atoms with Crippen LogP contribution in [0.25, 0.3) is 6.08 Å². The van der Waals surface area contributed by atoms with Crippen molar-refractivity contribution in [3.8, 4) is 11.5 Å². The van der Waals surface area contributed by atoms with Crippen molar-refractivity contribution >= 4 is 11.9 Å². The van der Waals surface area contributed by atoms with Crippen molar-refractivity contribution in [3.05, 3.63) is 76.6 Å². The highest BCUT2D eigenvalue weighted by atomic mass is 16.5. The van der Waals surface area contributed by atoms with E-state index in [9.17, 15) is 4.79 Å². The molecule has 0 atom stereocenters. The molecule has 2 aromatic carbocycles. The third-order valence-corrected chi connectivity index (χ3v) is 3.80. The van der Waals surface area contributed by atoms with Gasteiger partial charge in [0.1, 0.15) is 18.1 Å². The van der Waals surface area contributed by atoms with Crippen LogP contribution in [0.1, 0.15) is 34.0 Å². The zero-order chi connectivity index (χ0) is 17.3. The first kappa shape index (κ1) is 16.1. The number of allylic oxidation sites excluding steroid dienone is 1. The lowest BCUT2D eigenvalue weighted by Crippen LogP contribution is -2.00. The van der Waals surface area contributed by atoms with Gasteiger partial charge in [-0.1, -0.05) is 36.4 Å². The van der Waals surface area contributed by atoms with Crippen LogP contribution < -0.4 is 9.47 Å². The first-order chi connectivity index (χ1) is 11.4. The number of carbonyl (C=O) groups excluding carboxylic acids is 1. The Balaban J connectivity index is 1.90. The Morgan fingerprint density at radius 3 is 2.58 bits per heavy atom. The summed E-state index contributed by atoms with van der Waals surface area (Å²) in [4.78, 5) is 12.6. The minimum atomic E-state index is -0.0884. The fourth-order valence-electron chi connectivity index (χ4n) is 2.58. The van der Waals surface area contributed by atoms with Crippen molar-refractivity contribution in [2.24, 2.45) is 0 Å². The smallest absolute Gasteiger partial charge is 0.232 e. The summed E-state index contributed by atoms with van der Waals surface area (Å²) in [5, 5.41) is 0. The summed E-state index contributed by atoms with van der Waals surface area (Å²) in [6.45, 7) is 10.1. The molecule has 2 aromatic rings. The van der Waals surface area contributed by atoms with E-state index in [1.165, 1.54) is 5.56 Å². The van der Waals surface area contributed by atoms with Gasteiger partial charge in [0, 0.05) is 6.07 Å². The molecule has 122 valence electrons. The first-order valence-electron chi connectivity index (χ1n) is 7.87. The van der Waals surface area contributed by atoms with Gasteiger partial charge in [-0.25, -0.2) is 0 Å². The summed E-state index contributed by atoms with van der Waals surface area (Å²) in [6, 6.07) is 11.6. The Kier molecular flexibility index (Phi) is 4.26. The van der Waals surface area contributed by atoms with Crippen LogP contribution >= 0.6 is 0 Å². The van der Waals surface area contributed by atoms with Crippen LogP contribution in [-0.2, 0) is 0 Å². The molecule has 0 amide bonds. The standard InChI is InChI=1S/C21H20O3/c1-13(2)12-23-17-9-15(4)20-18(11-17)24-19(21(20)22)10-16-7-5-14(3)6-8-16/h5-11H,1,12H2,2-4H3/b19-10-. The molecule has 3 nitrogen and oxygen atoms in total. The van der Waals surface area contributed by atoms with Crippen molar-refractivity contribution in [3.63, 3.8) is 0 Å². The van der Waals surface area contributed by atoms with Gasteiger partial charge in [0.15, 0.2) is 5.76 Å². The molecule has 3 rings (SSSR count). The van der Waals surface area contributed by atoms with E-state index in [-0.39, 0.29) is 5.78 Å². The molecular formula is C21H20O3. The number of rotatable bonds is 4. The van der Waals surface area contributed by atoms with Gasteiger partial charge in [-0.2, -0.15) is 0 Å². The van der Waals surface area contributed by atoms with E-state index in [0.717, 1.165) is 16.7 Å². The van der Waals surface area contributed by atoms with Crippen molar-refractivity contribution in [2.45, 2.75) is 20.8 Å². The van der Waals surface area contributed by atoms with Gasteiger partial charge in [0.2, 0.25) is 5.78 Å². The quantitative estimate of drug-likeness (QED) is 0.595. The zero-order valence-corrected chi connectivity index (χ0v) is 14.2. The second-order valence-electron chi connectivity index (χ2n) is 6.21. The van der Waals surface area contributed by atoms with E-state index in [1.54, 1.807) is 12.1 Å². The molecular weight excluding hydrogens is 300 g/mol. The summed E-state index contributed by atoms with van der Waals surface area (Å²) in [7, 11) is 0. The molecule has 0 spiro atoms. The normalized spacial score (nSPS) is 14.5. The number of Topliss-reactive ketones (excluding diaryl/α,β-unsaturated/α-hetero) is 1. The molecule has 1 aliphatic rings. The van der Waals surface area contributed by atoms with Crippen molar-refractivity contribution in [1.82, 2.24) is 0 Å². The van der Waals surface area contributed by atoms with Gasteiger partial charge in [-0.05, 0) is 49.6 Å². The van der Waals surface area contributed by atoms with Gasteiger partial charge in [0.05, 0.1) is 5.56 Å². The number of benzene rings is 2. The Hall–Kier alpha value is -2.81. The summed E-state index contributed by atoms with van der Waals surface area (Å²) in [5.74, 6) is 1.48. The molecule has 0 N–H and O–H groups in total. The second-order valence-corrected chi connectivity index (χ2v) is 6.21. The molecule has 0 aliphatic carbocycles. The molecule has 0 radical (unpaired) electrons. The summed E-state index contributed by atoms with van der Waals surface area (Å²) in [5.41, 5.74) is 4.50. The topological polar surface area (TPSA) is 35.5 Å².